The van der Waals surface area contributed by atoms with Gasteiger partial charge in [0.25, 0.3) is 0 Å². The van der Waals surface area contributed by atoms with E-state index in [9.17, 15) is 4.39 Å². The van der Waals surface area contributed by atoms with Gasteiger partial charge in [0.1, 0.15) is 11.6 Å². The first-order valence-electron chi connectivity index (χ1n) is 7.70. The molecule has 0 aromatic heterocycles. The number of piperidine rings is 1. The standard InChI is InChI=1S/C16H23FN2O2/c1-2-16(21-15-5-3-11(17)4-6-15)19-13-7-12(18)8-14(19)10-20-9-13/h3-6,12-14,16H,2,7-10,18H2,1H3. The van der Waals surface area contributed by atoms with Gasteiger partial charge in [0, 0.05) is 18.1 Å². The van der Waals surface area contributed by atoms with E-state index in [1.807, 2.05) is 0 Å². The molecule has 2 aliphatic heterocycles. The molecule has 2 bridgehead atoms. The second-order valence-corrected chi connectivity index (χ2v) is 5.96. The van der Waals surface area contributed by atoms with Crippen LogP contribution in [0.25, 0.3) is 0 Å². The highest BCUT2D eigenvalue weighted by molar-refractivity contribution is 5.22. The van der Waals surface area contributed by atoms with E-state index in [4.69, 9.17) is 15.2 Å². The molecule has 0 spiro atoms. The largest absolute Gasteiger partial charge is 0.475 e. The van der Waals surface area contributed by atoms with Crippen molar-refractivity contribution in [3.05, 3.63) is 30.1 Å². The molecule has 3 rings (SSSR count). The van der Waals surface area contributed by atoms with Crippen LogP contribution < -0.4 is 10.5 Å². The van der Waals surface area contributed by atoms with E-state index in [0.29, 0.717) is 31.0 Å². The fraction of sp³-hybridized carbons (Fsp3) is 0.625. The molecule has 2 saturated heterocycles. The summed E-state index contributed by atoms with van der Waals surface area (Å²) >= 11 is 0. The molecule has 3 unspecified atom stereocenters. The van der Waals surface area contributed by atoms with E-state index < -0.39 is 0 Å². The van der Waals surface area contributed by atoms with E-state index in [1.165, 1.54) is 12.1 Å². The predicted molar refractivity (Wildman–Crippen MR) is 78.6 cm³/mol. The van der Waals surface area contributed by atoms with Gasteiger partial charge in [-0.05, 0) is 43.5 Å². The number of morpholine rings is 1. The Hall–Kier alpha value is -1.17. The summed E-state index contributed by atoms with van der Waals surface area (Å²) in [6, 6.07) is 7.11. The summed E-state index contributed by atoms with van der Waals surface area (Å²) in [7, 11) is 0. The molecule has 2 aliphatic rings. The molecule has 21 heavy (non-hydrogen) atoms. The fourth-order valence-corrected chi connectivity index (χ4v) is 3.48. The molecule has 1 aromatic carbocycles. The first-order valence-corrected chi connectivity index (χ1v) is 7.70. The van der Waals surface area contributed by atoms with Gasteiger partial charge in [-0.25, -0.2) is 4.39 Å². The highest BCUT2D eigenvalue weighted by Gasteiger charge is 2.41. The first-order chi connectivity index (χ1) is 10.2. The lowest BCUT2D eigenvalue weighted by atomic mass is 9.90. The number of hydrogen-bond acceptors (Lipinski definition) is 4. The van der Waals surface area contributed by atoms with Gasteiger partial charge in [-0.3, -0.25) is 4.90 Å². The lowest BCUT2D eigenvalue weighted by molar-refractivity contribution is -0.140. The molecule has 2 fully saturated rings. The van der Waals surface area contributed by atoms with Crippen molar-refractivity contribution in [1.29, 1.82) is 0 Å². The van der Waals surface area contributed by atoms with Crippen LogP contribution in [0.1, 0.15) is 26.2 Å². The van der Waals surface area contributed by atoms with E-state index in [-0.39, 0.29) is 18.1 Å². The minimum Gasteiger partial charge on any atom is -0.475 e. The molecule has 116 valence electrons. The van der Waals surface area contributed by atoms with Gasteiger partial charge in [-0.1, -0.05) is 6.92 Å². The zero-order valence-corrected chi connectivity index (χ0v) is 12.4. The van der Waals surface area contributed by atoms with Crippen LogP contribution in [0.4, 0.5) is 4.39 Å². The zero-order chi connectivity index (χ0) is 14.8. The molecule has 1 aromatic rings. The molecule has 3 atom stereocenters. The smallest absolute Gasteiger partial charge is 0.153 e. The summed E-state index contributed by atoms with van der Waals surface area (Å²) < 4.78 is 24.8. The van der Waals surface area contributed by atoms with Crippen molar-refractivity contribution >= 4 is 0 Å². The Bertz CT molecular complexity index is 454. The Morgan fingerprint density at radius 1 is 1.29 bits per heavy atom. The molecular weight excluding hydrogens is 271 g/mol. The maximum atomic E-state index is 13.0. The Balaban J connectivity index is 1.74. The number of fused-ring (bicyclic) bond motifs is 2. The van der Waals surface area contributed by atoms with Crippen molar-refractivity contribution in [3.63, 3.8) is 0 Å². The van der Waals surface area contributed by atoms with Crippen LogP contribution in [0.15, 0.2) is 24.3 Å². The second-order valence-electron chi connectivity index (χ2n) is 5.96. The third-order valence-corrected chi connectivity index (χ3v) is 4.38. The highest BCUT2D eigenvalue weighted by atomic mass is 19.1. The number of benzene rings is 1. The van der Waals surface area contributed by atoms with Crippen LogP contribution in [-0.4, -0.2) is 42.5 Å². The molecule has 4 nitrogen and oxygen atoms in total. The molecule has 0 saturated carbocycles. The summed E-state index contributed by atoms with van der Waals surface area (Å²) in [6.07, 6.45) is 2.75. The molecule has 5 heteroatoms. The lowest BCUT2D eigenvalue weighted by Gasteiger charge is -2.50. The fourth-order valence-electron chi connectivity index (χ4n) is 3.48. The summed E-state index contributed by atoms with van der Waals surface area (Å²) in [6.45, 7) is 3.54. The normalized spacial score (nSPS) is 30.9. The lowest BCUT2D eigenvalue weighted by Crippen LogP contribution is -2.63. The molecule has 2 N–H and O–H groups in total. The van der Waals surface area contributed by atoms with Crippen LogP contribution in [0.3, 0.4) is 0 Å². The number of nitrogens with zero attached hydrogens (tertiary/aromatic N) is 1. The van der Waals surface area contributed by atoms with Gasteiger partial charge in [0.15, 0.2) is 6.23 Å². The van der Waals surface area contributed by atoms with Gasteiger partial charge >= 0.3 is 0 Å². The number of nitrogens with two attached hydrogens (primary N) is 1. The van der Waals surface area contributed by atoms with Crippen molar-refractivity contribution in [2.24, 2.45) is 5.73 Å². The first kappa shape index (κ1) is 14.8. The molecule has 2 heterocycles. The van der Waals surface area contributed by atoms with Crippen molar-refractivity contribution in [1.82, 2.24) is 4.90 Å². The quantitative estimate of drug-likeness (QED) is 0.924. The highest BCUT2D eigenvalue weighted by Crippen LogP contribution is 2.31. The predicted octanol–water partition coefficient (Wildman–Crippen LogP) is 2.13. The summed E-state index contributed by atoms with van der Waals surface area (Å²) in [4.78, 5) is 2.41. The maximum Gasteiger partial charge on any atom is 0.153 e. The van der Waals surface area contributed by atoms with Gasteiger partial charge in [0.05, 0.1) is 13.2 Å². The Kier molecular flexibility index (Phi) is 4.42. The van der Waals surface area contributed by atoms with Crippen LogP contribution in [0, 0.1) is 5.82 Å². The Labute approximate surface area is 125 Å². The van der Waals surface area contributed by atoms with Gasteiger partial charge in [-0.15, -0.1) is 0 Å². The molecule has 0 radical (unpaired) electrons. The molecule has 0 amide bonds. The van der Waals surface area contributed by atoms with Crippen LogP contribution in [-0.2, 0) is 4.74 Å². The van der Waals surface area contributed by atoms with Crippen molar-refractivity contribution in [2.75, 3.05) is 13.2 Å². The number of halogens is 1. The third-order valence-electron chi connectivity index (χ3n) is 4.38. The number of ether oxygens (including phenoxy) is 2. The monoisotopic (exact) mass is 294 g/mol. The van der Waals surface area contributed by atoms with E-state index in [2.05, 4.69) is 11.8 Å². The minimum absolute atomic E-state index is 0.0122. The van der Waals surface area contributed by atoms with Crippen molar-refractivity contribution < 1.29 is 13.9 Å². The Morgan fingerprint density at radius 2 is 1.90 bits per heavy atom. The van der Waals surface area contributed by atoms with Crippen molar-refractivity contribution in [3.8, 4) is 5.75 Å². The SMILES string of the molecule is CCC(Oc1ccc(F)cc1)N1C2COCC1CC(N)C2. The minimum atomic E-state index is -0.246. The summed E-state index contributed by atoms with van der Waals surface area (Å²) in [5.41, 5.74) is 6.13. The number of rotatable bonds is 4. The van der Waals surface area contributed by atoms with Crippen LogP contribution in [0.2, 0.25) is 0 Å². The Morgan fingerprint density at radius 3 is 2.48 bits per heavy atom. The summed E-state index contributed by atoms with van der Waals surface area (Å²) in [5.74, 6) is 0.460. The van der Waals surface area contributed by atoms with Gasteiger partial charge < -0.3 is 15.2 Å². The molecular formula is C16H23FN2O2. The molecule has 0 aliphatic carbocycles. The number of hydrogen-bond donors (Lipinski definition) is 1. The average molecular weight is 294 g/mol. The third kappa shape index (κ3) is 3.20. The average Bonchev–Trinajstić information content (AvgIpc) is 2.46. The topological polar surface area (TPSA) is 47.7 Å². The van der Waals surface area contributed by atoms with Crippen LogP contribution in [0.5, 0.6) is 5.75 Å². The van der Waals surface area contributed by atoms with Crippen molar-refractivity contribution in [2.45, 2.75) is 50.5 Å². The summed E-state index contributed by atoms with van der Waals surface area (Å²) in [5, 5.41) is 0. The van der Waals surface area contributed by atoms with Gasteiger partial charge in [-0.2, -0.15) is 0 Å². The second kappa shape index (κ2) is 6.30. The van der Waals surface area contributed by atoms with E-state index >= 15 is 0 Å². The van der Waals surface area contributed by atoms with Crippen LogP contribution >= 0.6 is 0 Å². The maximum absolute atomic E-state index is 13.0. The zero-order valence-electron chi connectivity index (χ0n) is 12.4. The van der Waals surface area contributed by atoms with Gasteiger partial charge in [0.2, 0.25) is 0 Å². The van der Waals surface area contributed by atoms with E-state index in [1.54, 1.807) is 12.1 Å². The van der Waals surface area contributed by atoms with E-state index in [0.717, 1.165) is 19.3 Å².